The second-order valence-corrected chi connectivity index (χ2v) is 9.75. The molecule has 0 unspecified atom stereocenters. The standard InChI is InChI=1S/C24H20FN3O4S/c25-17-11-10-16(14-28-23(29)19-8-4-12-26-22(19)24(28)30)21(13-17)33(31,32)27-20-9-3-6-15-5-1-2-7-18(15)20/h3-4,6,8-13,27H,1-2,5,7,14H2. The van der Waals surface area contributed by atoms with Gasteiger partial charge in [-0.25, -0.2) is 12.8 Å². The molecule has 33 heavy (non-hydrogen) atoms. The van der Waals surface area contributed by atoms with E-state index in [0.29, 0.717) is 5.69 Å². The highest BCUT2D eigenvalue weighted by Gasteiger charge is 2.37. The Balaban J connectivity index is 1.50. The predicted octanol–water partition coefficient (Wildman–Crippen LogP) is 3.70. The molecule has 1 aliphatic heterocycles. The van der Waals surface area contributed by atoms with E-state index < -0.39 is 27.7 Å². The number of aromatic nitrogens is 1. The van der Waals surface area contributed by atoms with Crippen LogP contribution in [0.4, 0.5) is 10.1 Å². The number of sulfonamides is 1. The Labute approximate surface area is 190 Å². The summed E-state index contributed by atoms with van der Waals surface area (Å²) in [6, 6.07) is 11.8. The highest BCUT2D eigenvalue weighted by molar-refractivity contribution is 7.92. The molecule has 9 heteroatoms. The van der Waals surface area contributed by atoms with Gasteiger partial charge in [-0.2, -0.15) is 0 Å². The maximum Gasteiger partial charge on any atom is 0.280 e. The summed E-state index contributed by atoms with van der Waals surface area (Å²) in [5.74, 6) is -1.92. The smallest absolute Gasteiger partial charge is 0.279 e. The number of hydrogen-bond donors (Lipinski definition) is 1. The highest BCUT2D eigenvalue weighted by atomic mass is 32.2. The molecule has 2 aromatic carbocycles. The lowest BCUT2D eigenvalue weighted by Crippen LogP contribution is -2.30. The molecule has 3 aromatic rings. The number of pyridine rings is 1. The Kier molecular flexibility index (Phi) is 5.20. The first-order valence-electron chi connectivity index (χ1n) is 10.6. The zero-order valence-corrected chi connectivity index (χ0v) is 18.4. The van der Waals surface area contributed by atoms with Crippen LogP contribution in [0.2, 0.25) is 0 Å². The average molecular weight is 466 g/mol. The molecule has 0 saturated carbocycles. The third-order valence-electron chi connectivity index (χ3n) is 6.02. The number of nitrogens with one attached hydrogen (secondary N) is 1. The van der Waals surface area contributed by atoms with Gasteiger partial charge in [-0.1, -0.05) is 18.2 Å². The lowest BCUT2D eigenvalue weighted by molar-refractivity contribution is 0.0639. The number of benzene rings is 2. The molecule has 1 N–H and O–H groups in total. The van der Waals surface area contributed by atoms with Gasteiger partial charge in [0.25, 0.3) is 21.8 Å². The summed E-state index contributed by atoms with van der Waals surface area (Å²) in [5.41, 5.74) is 2.80. The van der Waals surface area contributed by atoms with E-state index in [2.05, 4.69) is 9.71 Å². The van der Waals surface area contributed by atoms with E-state index in [-0.39, 0.29) is 28.3 Å². The SMILES string of the molecule is O=C1c2cccnc2C(=O)N1Cc1ccc(F)cc1S(=O)(=O)Nc1cccc2c1CCCC2. The van der Waals surface area contributed by atoms with E-state index in [4.69, 9.17) is 0 Å². The Hall–Kier alpha value is -3.59. The quantitative estimate of drug-likeness (QED) is 0.580. The molecule has 0 atom stereocenters. The molecule has 168 valence electrons. The van der Waals surface area contributed by atoms with E-state index in [1.165, 1.54) is 18.3 Å². The highest BCUT2D eigenvalue weighted by Crippen LogP contribution is 2.31. The molecule has 0 spiro atoms. The molecule has 2 aliphatic rings. The second kappa shape index (κ2) is 8.08. The van der Waals surface area contributed by atoms with E-state index in [1.807, 2.05) is 6.07 Å². The lowest BCUT2D eigenvalue weighted by Gasteiger charge is -2.21. The first-order chi connectivity index (χ1) is 15.8. The molecule has 0 saturated heterocycles. The normalized spacial score (nSPS) is 15.4. The molecule has 7 nitrogen and oxygen atoms in total. The maximum atomic E-state index is 14.1. The number of amides is 2. The summed E-state index contributed by atoms with van der Waals surface area (Å²) >= 11 is 0. The predicted molar refractivity (Wildman–Crippen MR) is 119 cm³/mol. The van der Waals surface area contributed by atoms with Gasteiger partial charge < -0.3 is 0 Å². The summed E-state index contributed by atoms with van der Waals surface area (Å²) in [5, 5.41) is 0. The van der Waals surface area contributed by atoms with Gasteiger partial charge >= 0.3 is 0 Å². The van der Waals surface area contributed by atoms with Crippen LogP contribution in [-0.2, 0) is 29.4 Å². The Morgan fingerprint density at radius 3 is 2.64 bits per heavy atom. The van der Waals surface area contributed by atoms with Crippen LogP contribution in [0, 0.1) is 5.82 Å². The van der Waals surface area contributed by atoms with Gasteiger partial charge in [0.2, 0.25) is 0 Å². The molecule has 0 bridgehead atoms. The second-order valence-electron chi connectivity index (χ2n) is 8.10. The van der Waals surface area contributed by atoms with Gasteiger partial charge in [0.15, 0.2) is 0 Å². The molecule has 1 aliphatic carbocycles. The van der Waals surface area contributed by atoms with Gasteiger partial charge in [-0.15, -0.1) is 0 Å². The van der Waals surface area contributed by atoms with Crippen LogP contribution in [0.25, 0.3) is 0 Å². The van der Waals surface area contributed by atoms with Crippen LogP contribution < -0.4 is 4.72 Å². The van der Waals surface area contributed by atoms with Crippen LogP contribution in [0.5, 0.6) is 0 Å². The van der Waals surface area contributed by atoms with Gasteiger partial charge in [-0.3, -0.25) is 24.2 Å². The summed E-state index contributed by atoms with van der Waals surface area (Å²) in [6.45, 7) is -0.322. The first-order valence-corrected chi connectivity index (χ1v) is 12.1. The van der Waals surface area contributed by atoms with Crippen molar-refractivity contribution in [2.24, 2.45) is 0 Å². The Morgan fingerprint density at radius 1 is 1.00 bits per heavy atom. The van der Waals surface area contributed by atoms with Crippen molar-refractivity contribution in [2.45, 2.75) is 37.1 Å². The van der Waals surface area contributed by atoms with Gasteiger partial charge in [0.05, 0.1) is 22.7 Å². The minimum atomic E-state index is -4.20. The van der Waals surface area contributed by atoms with Crippen LogP contribution >= 0.6 is 0 Å². The number of carbonyl (C=O) groups excluding carboxylic acids is 2. The van der Waals surface area contributed by atoms with E-state index in [1.54, 1.807) is 18.2 Å². The van der Waals surface area contributed by atoms with Crippen LogP contribution in [-0.4, -0.2) is 30.1 Å². The maximum absolute atomic E-state index is 14.1. The van der Waals surface area contributed by atoms with Crippen molar-refractivity contribution in [1.82, 2.24) is 9.88 Å². The van der Waals surface area contributed by atoms with Crippen molar-refractivity contribution in [3.8, 4) is 0 Å². The summed E-state index contributed by atoms with van der Waals surface area (Å²) in [6.07, 6.45) is 5.05. The number of hydrogen-bond acceptors (Lipinski definition) is 5. The van der Waals surface area contributed by atoms with Crippen LogP contribution in [0.1, 0.15) is 50.4 Å². The summed E-state index contributed by atoms with van der Waals surface area (Å²) in [7, 11) is -4.20. The zero-order chi connectivity index (χ0) is 23.2. The third-order valence-corrected chi connectivity index (χ3v) is 7.47. The topological polar surface area (TPSA) is 96.4 Å². The van der Waals surface area contributed by atoms with Gasteiger partial charge in [0.1, 0.15) is 11.5 Å². The third kappa shape index (κ3) is 3.78. The minimum absolute atomic E-state index is 0.0167. The minimum Gasteiger partial charge on any atom is -0.279 e. The number of rotatable bonds is 5. The van der Waals surface area contributed by atoms with Gasteiger partial charge in [0, 0.05) is 6.20 Å². The monoisotopic (exact) mass is 465 g/mol. The molecular formula is C24H20FN3O4S. The Bertz CT molecular complexity index is 1370. The molecule has 0 fully saturated rings. The zero-order valence-electron chi connectivity index (χ0n) is 17.5. The number of halogens is 1. The van der Waals surface area contributed by atoms with Gasteiger partial charge in [-0.05, 0) is 72.7 Å². The number of nitrogens with zero attached hydrogens (tertiary/aromatic N) is 2. The molecule has 5 rings (SSSR count). The van der Waals surface area contributed by atoms with Crippen molar-refractivity contribution in [3.63, 3.8) is 0 Å². The molecule has 1 aromatic heterocycles. The first kappa shape index (κ1) is 21.3. The van der Waals surface area contributed by atoms with Crippen molar-refractivity contribution >= 4 is 27.5 Å². The molecule has 0 radical (unpaired) electrons. The molecular weight excluding hydrogens is 445 g/mol. The van der Waals surface area contributed by atoms with Crippen molar-refractivity contribution < 1.29 is 22.4 Å². The lowest BCUT2D eigenvalue weighted by atomic mass is 9.91. The van der Waals surface area contributed by atoms with E-state index in [0.717, 1.165) is 53.8 Å². The fourth-order valence-corrected chi connectivity index (χ4v) is 5.75. The number of fused-ring (bicyclic) bond motifs is 2. The summed E-state index contributed by atoms with van der Waals surface area (Å²) in [4.78, 5) is 30.0. The number of carbonyl (C=O) groups is 2. The fraction of sp³-hybridized carbons (Fsp3) is 0.208. The Morgan fingerprint density at radius 2 is 1.82 bits per heavy atom. The molecule has 2 heterocycles. The number of aryl methyl sites for hydroxylation is 1. The van der Waals surface area contributed by atoms with E-state index >= 15 is 0 Å². The summed E-state index contributed by atoms with van der Waals surface area (Å²) < 4.78 is 43.4. The largest absolute Gasteiger partial charge is 0.280 e. The van der Waals surface area contributed by atoms with Crippen molar-refractivity contribution in [2.75, 3.05) is 4.72 Å². The average Bonchev–Trinajstić information content (AvgIpc) is 3.05. The van der Waals surface area contributed by atoms with Crippen LogP contribution in [0.15, 0.2) is 59.6 Å². The number of imide groups is 1. The molecule has 2 amide bonds. The number of anilines is 1. The van der Waals surface area contributed by atoms with Crippen molar-refractivity contribution in [3.05, 3.63) is 88.5 Å². The van der Waals surface area contributed by atoms with Crippen molar-refractivity contribution in [1.29, 1.82) is 0 Å². The van der Waals surface area contributed by atoms with Crippen LogP contribution in [0.3, 0.4) is 0 Å². The fourth-order valence-electron chi connectivity index (χ4n) is 4.41. The van der Waals surface area contributed by atoms with E-state index in [9.17, 15) is 22.4 Å².